The number of hydrogen-bond donors (Lipinski definition) is 1. The summed E-state index contributed by atoms with van der Waals surface area (Å²) in [5.74, 6) is -1.93. The van der Waals surface area contributed by atoms with Gasteiger partial charge < -0.3 is 14.9 Å². The zero-order valence-electron chi connectivity index (χ0n) is 14.0. The summed E-state index contributed by atoms with van der Waals surface area (Å²) < 4.78 is 1.22. The molecule has 1 aliphatic heterocycles. The summed E-state index contributed by atoms with van der Waals surface area (Å²) in [5, 5.41) is 13.0. The summed E-state index contributed by atoms with van der Waals surface area (Å²) in [4.78, 5) is 39.4. The van der Waals surface area contributed by atoms with Crippen molar-refractivity contribution in [3.63, 3.8) is 0 Å². The fourth-order valence-electron chi connectivity index (χ4n) is 2.84. The SMILES string of the molecule is Cc1ccc(N2CCN(C(=O)c3c(C(=O)O)cnn3C)CC2=O)cc1. The minimum absolute atomic E-state index is 0.0240. The largest absolute Gasteiger partial charge is 0.478 e. The normalized spacial score (nSPS) is 14.7. The van der Waals surface area contributed by atoms with E-state index >= 15 is 0 Å². The Bertz CT molecular complexity index is 841. The van der Waals surface area contributed by atoms with Crippen molar-refractivity contribution >= 4 is 23.5 Å². The topological polar surface area (TPSA) is 95.7 Å². The molecule has 0 aliphatic carbocycles. The highest BCUT2D eigenvalue weighted by atomic mass is 16.4. The third-order valence-corrected chi connectivity index (χ3v) is 4.23. The van der Waals surface area contributed by atoms with Gasteiger partial charge in [0.2, 0.25) is 5.91 Å². The zero-order valence-corrected chi connectivity index (χ0v) is 14.0. The third kappa shape index (κ3) is 3.10. The molecule has 0 saturated carbocycles. The second kappa shape index (κ2) is 6.39. The molecule has 2 amide bonds. The number of benzene rings is 1. The van der Waals surface area contributed by atoms with Crippen LogP contribution in [-0.4, -0.2) is 57.2 Å². The van der Waals surface area contributed by atoms with Gasteiger partial charge >= 0.3 is 5.97 Å². The van der Waals surface area contributed by atoms with Crippen LogP contribution in [0.15, 0.2) is 30.5 Å². The quantitative estimate of drug-likeness (QED) is 0.895. The Morgan fingerprint density at radius 1 is 1.16 bits per heavy atom. The highest BCUT2D eigenvalue weighted by Crippen LogP contribution is 2.19. The first-order valence-electron chi connectivity index (χ1n) is 7.80. The number of carbonyl (C=O) groups excluding carboxylic acids is 2. The Labute approximate surface area is 144 Å². The molecule has 1 aliphatic rings. The van der Waals surface area contributed by atoms with Gasteiger partial charge in [0.1, 0.15) is 17.8 Å². The molecule has 1 aromatic heterocycles. The van der Waals surface area contributed by atoms with Crippen LogP contribution in [0.5, 0.6) is 0 Å². The van der Waals surface area contributed by atoms with Crippen LogP contribution >= 0.6 is 0 Å². The number of aryl methyl sites for hydroxylation is 2. The fraction of sp³-hybridized carbons (Fsp3) is 0.294. The number of nitrogens with zero attached hydrogens (tertiary/aromatic N) is 4. The smallest absolute Gasteiger partial charge is 0.339 e. The number of amides is 2. The second-order valence-corrected chi connectivity index (χ2v) is 5.94. The van der Waals surface area contributed by atoms with Gasteiger partial charge in [0.15, 0.2) is 0 Å². The molecule has 25 heavy (non-hydrogen) atoms. The van der Waals surface area contributed by atoms with Crippen LogP contribution in [0.2, 0.25) is 0 Å². The predicted octanol–water partition coefficient (Wildman–Crippen LogP) is 0.916. The van der Waals surface area contributed by atoms with Crippen LogP contribution in [0.3, 0.4) is 0 Å². The van der Waals surface area contributed by atoms with Crippen LogP contribution in [0.25, 0.3) is 0 Å². The van der Waals surface area contributed by atoms with Gasteiger partial charge in [-0.15, -0.1) is 0 Å². The maximum atomic E-state index is 12.7. The Morgan fingerprint density at radius 2 is 1.84 bits per heavy atom. The number of carbonyl (C=O) groups is 3. The minimum atomic E-state index is -1.22. The van der Waals surface area contributed by atoms with Gasteiger partial charge in [-0.25, -0.2) is 4.79 Å². The number of anilines is 1. The predicted molar refractivity (Wildman–Crippen MR) is 89.6 cm³/mol. The molecule has 8 nitrogen and oxygen atoms in total. The van der Waals surface area contributed by atoms with Gasteiger partial charge in [0.05, 0.1) is 6.20 Å². The molecule has 130 valence electrons. The molecule has 0 bridgehead atoms. The van der Waals surface area contributed by atoms with E-state index in [0.717, 1.165) is 17.4 Å². The summed E-state index contributed by atoms with van der Waals surface area (Å²) in [6.45, 7) is 2.55. The van der Waals surface area contributed by atoms with Crippen molar-refractivity contribution in [3.8, 4) is 0 Å². The Kier molecular flexibility index (Phi) is 4.26. The Hall–Kier alpha value is -3.16. The Morgan fingerprint density at radius 3 is 2.44 bits per heavy atom. The molecule has 0 unspecified atom stereocenters. The lowest BCUT2D eigenvalue weighted by molar-refractivity contribution is -0.120. The summed E-state index contributed by atoms with van der Waals surface area (Å²) in [6, 6.07) is 7.59. The number of rotatable bonds is 3. The van der Waals surface area contributed by atoms with Gasteiger partial charge in [0, 0.05) is 25.8 Å². The van der Waals surface area contributed by atoms with Crippen molar-refractivity contribution in [3.05, 3.63) is 47.3 Å². The van der Waals surface area contributed by atoms with E-state index in [9.17, 15) is 19.5 Å². The highest BCUT2D eigenvalue weighted by Gasteiger charge is 2.32. The second-order valence-electron chi connectivity index (χ2n) is 5.94. The lowest BCUT2D eigenvalue weighted by Crippen LogP contribution is -2.52. The van der Waals surface area contributed by atoms with Gasteiger partial charge in [0.25, 0.3) is 5.91 Å². The number of carboxylic acid groups (broad SMARTS) is 1. The molecule has 8 heteroatoms. The summed E-state index contributed by atoms with van der Waals surface area (Å²) in [5.41, 5.74) is 1.70. The van der Waals surface area contributed by atoms with Crippen molar-refractivity contribution in [2.75, 3.05) is 24.5 Å². The molecule has 1 N–H and O–H groups in total. The van der Waals surface area contributed by atoms with Gasteiger partial charge in [-0.2, -0.15) is 5.10 Å². The maximum absolute atomic E-state index is 12.7. The molecule has 0 radical (unpaired) electrons. The van der Waals surface area contributed by atoms with E-state index in [-0.39, 0.29) is 23.7 Å². The van der Waals surface area contributed by atoms with E-state index in [0.29, 0.717) is 13.1 Å². The van der Waals surface area contributed by atoms with E-state index in [1.165, 1.54) is 16.6 Å². The van der Waals surface area contributed by atoms with Crippen LogP contribution in [0.1, 0.15) is 26.4 Å². The van der Waals surface area contributed by atoms with E-state index in [1.807, 2.05) is 31.2 Å². The number of aromatic nitrogens is 2. The standard InChI is InChI=1S/C17H18N4O4/c1-11-3-5-12(6-4-11)21-8-7-20(10-14(21)22)16(23)15-13(17(24)25)9-18-19(15)2/h3-6,9H,7-8,10H2,1-2H3,(H,24,25). The molecule has 2 aromatic rings. The number of aromatic carboxylic acids is 1. The fourth-order valence-corrected chi connectivity index (χ4v) is 2.84. The van der Waals surface area contributed by atoms with Crippen molar-refractivity contribution in [1.29, 1.82) is 0 Å². The first-order valence-corrected chi connectivity index (χ1v) is 7.80. The molecule has 3 rings (SSSR count). The van der Waals surface area contributed by atoms with Crippen molar-refractivity contribution < 1.29 is 19.5 Å². The zero-order chi connectivity index (χ0) is 18.1. The molecule has 1 saturated heterocycles. The van der Waals surface area contributed by atoms with Gasteiger partial charge in [-0.05, 0) is 19.1 Å². The monoisotopic (exact) mass is 342 g/mol. The summed E-state index contributed by atoms with van der Waals surface area (Å²) in [6.07, 6.45) is 1.14. The third-order valence-electron chi connectivity index (χ3n) is 4.23. The van der Waals surface area contributed by atoms with Gasteiger partial charge in [-0.1, -0.05) is 17.7 Å². The molecule has 2 heterocycles. The molecule has 0 atom stereocenters. The molecule has 0 spiro atoms. The molecular weight excluding hydrogens is 324 g/mol. The van der Waals surface area contributed by atoms with E-state index in [1.54, 1.807) is 4.90 Å². The molecular formula is C17H18N4O4. The highest BCUT2D eigenvalue weighted by molar-refractivity contribution is 6.06. The van der Waals surface area contributed by atoms with E-state index in [4.69, 9.17) is 0 Å². The van der Waals surface area contributed by atoms with Crippen LogP contribution in [-0.2, 0) is 11.8 Å². The molecule has 1 fully saturated rings. The Balaban J connectivity index is 1.78. The van der Waals surface area contributed by atoms with Crippen LogP contribution < -0.4 is 4.90 Å². The van der Waals surface area contributed by atoms with Crippen LogP contribution in [0.4, 0.5) is 5.69 Å². The first kappa shape index (κ1) is 16.7. The molecule has 1 aromatic carbocycles. The lowest BCUT2D eigenvalue weighted by Gasteiger charge is -2.34. The average molecular weight is 342 g/mol. The number of hydrogen-bond acceptors (Lipinski definition) is 4. The van der Waals surface area contributed by atoms with E-state index < -0.39 is 11.9 Å². The van der Waals surface area contributed by atoms with Gasteiger partial charge in [-0.3, -0.25) is 14.3 Å². The minimum Gasteiger partial charge on any atom is -0.478 e. The first-order chi connectivity index (χ1) is 11.9. The van der Waals surface area contributed by atoms with E-state index in [2.05, 4.69) is 5.10 Å². The van der Waals surface area contributed by atoms with Crippen LogP contribution in [0, 0.1) is 6.92 Å². The summed E-state index contributed by atoms with van der Waals surface area (Å²) in [7, 11) is 1.50. The van der Waals surface area contributed by atoms with Crippen molar-refractivity contribution in [2.45, 2.75) is 6.92 Å². The summed E-state index contributed by atoms with van der Waals surface area (Å²) >= 11 is 0. The van der Waals surface area contributed by atoms with Crippen molar-refractivity contribution in [2.24, 2.45) is 7.05 Å². The number of carboxylic acids is 1. The van der Waals surface area contributed by atoms with Crippen molar-refractivity contribution in [1.82, 2.24) is 14.7 Å². The lowest BCUT2D eigenvalue weighted by atomic mass is 10.1. The number of piperazine rings is 1. The average Bonchev–Trinajstić information content (AvgIpc) is 2.97. The maximum Gasteiger partial charge on any atom is 0.339 e.